The third kappa shape index (κ3) is 1.79. The first kappa shape index (κ1) is 11.9. The number of aromatic nitrogens is 2. The molecule has 100 valence electrons. The van der Waals surface area contributed by atoms with Crippen LogP contribution in [0.2, 0.25) is 0 Å². The van der Waals surface area contributed by atoms with Gasteiger partial charge >= 0.3 is 0 Å². The molecular formula is C12H8N4O4. The lowest BCUT2D eigenvalue weighted by Crippen LogP contribution is -2.10. The van der Waals surface area contributed by atoms with Crippen molar-refractivity contribution in [1.29, 1.82) is 0 Å². The van der Waals surface area contributed by atoms with Crippen LogP contribution >= 0.6 is 0 Å². The SMILES string of the molecule is Nc1nc2occ(-c3cccc([N+](=O)[O-])c3)c2c(=O)[nH]1. The molecule has 0 saturated carbocycles. The molecular weight excluding hydrogens is 264 g/mol. The van der Waals surface area contributed by atoms with Crippen LogP contribution in [-0.2, 0) is 0 Å². The van der Waals surface area contributed by atoms with E-state index in [0.29, 0.717) is 11.1 Å². The summed E-state index contributed by atoms with van der Waals surface area (Å²) < 4.78 is 5.18. The lowest BCUT2D eigenvalue weighted by Gasteiger charge is -1.98. The third-order valence-electron chi connectivity index (χ3n) is 2.83. The summed E-state index contributed by atoms with van der Waals surface area (Å²) in [5.41, 5.74) is 5.91. The van der Waals surface area contributed by atoms with Gasteiger partial charge in [-0.2, -0.15) is 4.98 Å². The number of fused-ring (bicyclic) bond motifs is 1. The predicted octanol–water partition coefficient (Wildman–Crippen LogP) is 1.67. The Kier molecular flexibility index (Phi) is 2.50. The van der Waals surface area contributed by atoms with Crippen molar-refractivity contribution in [3.63, 3.8) is 0 Å². The number of rotatable bonds is 2. The quantitative estimate of drug-likeness (QED) is 0.539. The van der Waals surface area contributed by atoms with Crippen molar-refractivity contribution in [1.82, 2.24) is 9.97 Å². The van der Waals surface area contributed by atoms with Crippen molar-refractivity contribution in [2.24, 2.45) is 0 Å². The molecule has 0 amide bonds. The molecule has 2 aromatic heterocycles. The van der Waals surface area contributed by atoms with Crippen molar-refractivity contribution in [2.45, 2.75) is 0 Å². The zero-order valence-corrected chi connectivity index (χ0v) is 9.99. The first-order valence-electron chi connectivity index (χ1n) is 5.58. The lowest BCUT2D eigenvalue weighted by atomic mass is 10.1. The van der Waals surface area contributed by atoms with Gasteiger partial charge in [-0.1, -0.05) is 12.1 Å². The second-order valence-corrected chi connectivity index (χ2v) is 4.09. The van der Waals surface area contributed by atoms with Crippen molar-refractivity contribution in [2.75, 3.05) is 5.73 Å². The summed E-state index contributed by atoms with van der Waals surface area (Å²) in [7, 11) is 0. The fraction of sp³-hybridized carbons (Fsp3) is 0. The molecule has 2 heterocycles. The van der Waals surface area contributed by atoms with Gasteiger partial charge in [-0.3, -0.25) is 19.9 Å². The van der Waals surface area contributed by atoms with Gasteiger partial charge in [0.05, 0.1) is 4.92 Å². The molecule has 0 aliphatic rings. The fourth-order valence-electron chi connectivity index (χ4n) is 1.97. The predicted molar refractivity (Wildman–Crippen MR) is 71.1 cm³/mol. The molecule has 0 atom stereocenters. The minimum atomic E-state index is -0.508. The van der Waals surface area contributed by atoms with Crippen molar-refractivity contribution in [3.8, 4) is 11.1 Å². The van der Waals surface area contributed by atoms with Crippen molar-refractivity contribution >= 4 is 22.7 Å². The maximum atomic E-state index is 11.9. The molecule has 8 nitrogen and oxygen atoms in total. The molecule has 1 aromatic carbocycles. The van der Waals surface area contributed by atoms with Crippen LogP contribution < -0.4 is 11.3 Å². The first-order valence-corrected chi connectivity index (χ1v) is 5.58. The summed E-state index contributed by atoms with van der Waals surface area (Å²) in [4.78, 5) is 28.4. The van der Waals surface area contributed by atoms with Crippen molar-refractivity contribution in [3.05, 3.63) is 51.0 Å². The fourth-order valence-corrected chi connectivity index (χ4v) is 1.97. The summed E-state index contributed by atoms with van der Waals surface area (Å²) >= 11 is 0. The number of hydrogen-bond donors (Lipinski definition) is 2. The maximum Gasteiger partial charge on any atom is 0.270 e. The van der Waals surface area contributed by atoms with E-state index in [1.54, 1.807) is 6.07 Å². The van der Waals surface area contributed by atoms with Crippen LogP contribution in [0.4, 0.5) is 11.6 Å². The van der Waals surface area contributed by atoms with Gasteiger partial charge in [-0.25, -0.2) is 0 Å². The summed E-state index contributed by atoms with van der Waals surface area (Å²) in [6.45, 7) is 0. The van der Waals surface area contributed by atoms with E-state index in [0.717, 1.165) is 0 Å². The van der Waals surface area contributed by atoms with E-state index in [2.05, 4.69) is 9.97 Å². The number of H-pyrrole nitrogens is 1. The van der Waals surface area contributed by atoms with Crippen LogP contribution in [0.25, 0.3) is 22.2 Å². The number of nitrogens with one attached hydrogen (secondary N) is 1. The van der Waals surface area contributed by atoms with Gasteiger partial charge in [0, 0.05) is 17.7 Å². The van der Waals surface area contributed by atoms with E-state index in [1.165, 1.54) is 24.5 Å². The molecule has 0 saturated heterocycles. The third-order valence-corrected chi connectivity index (χ3v) is 2.83. The molecule has 0 fully saturated rings. The average molecular weight is 272 g/mol. The molecule has 0 aliphatic carbocycles. The van der Waals surface area contributed by atoms with E-state index < -0.39 is 10.5 Å². The number of nitro benzene ring substituents is 1. The Hall–Kier alpha value is -3.16. The zero-order valence-electron chi connectivity index (χ0n) is 9.99. The molecule has 8 heteroatoms. The van der Waals surface area contributed by atoms with E-state index in [9.17, 15) is 14.9 Å². The summed E-state index contributed by atoms with van der Waals surface area (Å²) in [6.07, 6.45) is 1.32. The Morgan fingerprint density at radius 1 is 1.40 bits per heavy atom. The van der Waals surface area contributed by atoms with Gasteiger partial charge in [-0.05, 0) is 5.56 Å². The minimum absolute atomic E-state index is 0.0533. The minimum Gasteiger partial charge on any atom is -0.445 e. The normalized spacial score (nSPS) is 10.8. The molecule has 3 rings (SSSR count). The second-order valence-electron chi connectivity index (χ2n) is 4.09. The molecule has 0 unspecified atom stereocenters. The number of benzene rings is 1. The number of hydrogen-bond acceptors (Lipinski definition) is 6. The Bertz CT molecular complexity index is 881. The number of anilines is 1. The van der Waals surface area contributed by atoms with Gasteiger partial charge < -0.3 is 10.2 Å². The number of non-ortho nitro benzene ring substituents is 1. The van der Waals surface area contributed by atoms with Crippen LogP contribution in [0.1, 0.15) is 0 Å². The molecule has 0 radical (unpaired) electrons. The highest BCUT2D eigenvalue weighted by atomic mass is 16.6. The summed E-state index contributed by atoms with van der Waals surface area (Å²) in [6, 6.07) is 5.91. The van der Waals surface area contributed by atoms with E-state index in [-0.39, 0.29) is 22.7 Å². The Morgan fingerprint density at radius 2 is 2.20 bits per heavy atom. The standard InChI is InChI=1S/C12H8N4O4/c13-12-14-10(17)9-8(5-20-11(9)15-12)6-2-1-3-7(4-6)16(18)19/h1-5H,(H3,13,14,15,17). The second kappa shape index (κ2) is 4.19. The summed E-state index contributed by atoms with van der Waals surface area (Å²) in [5, 5.41) is 11.0. The van der Waals surface area contributed by atoms with Gasteiger partial charge in [0.2, 0.25) is 11.7 Å². The van der Waals surface area contributed by atoms with Gasteiger partial charge in [0.15, 0.2) is 0 Å². The van der Waals surface area contributed by atoms with Gasteiger partial charge in [0.25, 0.3) is 11.2 Å². The number of nitrogens with zero attached hydrogens (tertiary/aromatic N) is 2. The maximum absolute atomic E-state index is 11.9. The number of nitrogens with two attached hydrogens (primary N) is 1. The molecule has 3 aromatic rings. The lowest BCUT2D eigenvalue weighted by molar-refractivity contribution is -0.384. The van der Waals surface area contributed by atoms with Crippen LogP contribution in [0.15, 0.2) is 39.7 Å². The van der Waals surface area contributed by atoms with Gasteiger partial charge in [-0.15, -0.1) is 0 Å². The average Bonchev–Trinajstić information content (AvgIpc) is 2.82. The Balaban J connectivity index is 2.28. The smallest absolute Gasteiger partial charge is 0.270 e. The zero-order chi connectivity index (χ0) is 14.3. The first-order chi connectivity index (χ1) is 9.56. The largest absolute Gasteiger partial charge is 0.445 e. The molecule has 20 heavy (non-hydrogen) atoms. The van der Waals surface area contributed by atoms with Crippen LogP contribution in [0, 0.1) is 10.1 Å². The molecule has 0 bridgehead atoms. The number of nitro groups is 1. The summed E-state index contributed by atoms with van der Waals surface area (Å²) in [5.74, 6) is -0.0533. The van der Waals surface area contributed by atoms with Crippen LogP contribution in [0.5, 0.6) is 0 Å². The highest BCUT2D eigenvalue weighted by molar-refractivity contribution is 5.92. The molecule has 0 aliphatic heterocycles. The monoisotopic (exact) mass is 272 g/mol. The van der Waals surface area contributed by atoms with Crippen LogP contribution in [-0.4, -0.2) is 14.9 Å². The Morgan fingerprint density at radius 3 is 2.95 bits per heavy atom. The highest BCUT2D eigenvalue weighted by Crippen LogP contribution is 2.29. The van der Waals surface area contributed by atoms with E-state index >= 15 is 0 Å². The number of nitrogen functional groups attached to an aromatic ring is 1. The number of furan rings is 1. The van der Waals surface area contributed by atoms with Crippen LogP contribution in [0.3, 0.4) is 0 Å². The Labute approximate surface area is 111 Å². The number of aromatic amines is 1. The molecule has 3 N–H and O–H groups in total. The topological polar surface area (TPSA) is 128 Å². The van der Waals surface area contributed by atoms with E-state index in [4.69, 9.17) is 10.2 Å². The highest BCUT2D eigenvalue weighted by Gasteiger charge is 2.15. The van der Waals surface area contributed by atoms with E-state index in [1.807, 2.05) is 0 Å². The van der Waals surface area contributed by atoms with Gasteiger partial charge in [0.1, 0.15) is 11.6 Å². The molecule has 0 spiro atoms. The van der Waals surface area contributed by atoms with Crippen molar-refractivity contribution < 1.29 is 9.34 Å².